The lowest BCUT2D eigenvalue weighted by atomic mass is 9.90. The van der Waals surface area contributed by atoms with Crippen molar-refractivity contribution in [3.05, 3.63) is 45.4 Å². The summed E-state index contributed by atoms with van der Waals surface area (Å²) in [7, 11) is 0. The van der Waals surface area contributed by atoms with Crippen molar-refractivity contribution in [2.75, 3.05) is 11.9 Å². The average molecular weight is 419 g/mol. The van der Waals surface area contributed by atoms with Crippen LogP contribution in [0.4, 0.5) is 19.1 Å². The summed E-state index contributed by atoms with van der Waals surface area (Å²) in [6, 6.07) is 1.16. The predicted molar refractivity (Wildman–Crippen MR) is 94.6 cm³/mol. The molecule has 2 aromatic rings. The molecule has 0 aliphatic carbocycles. The van der Waals surface area contributed by atoms with Crippen LogP contribution in [0, 0.1) is 10.1 Å². The molecule has 0 saturated carbocycles. The third-order valence-corrected chi connectivity index (χ3v) is 4.40. The molecular weight excluding hydrogens is 405 g/mol. The van der Waals surface area contributed by atoms with Gasteiger partial charge in [-0.2, -0.15) is 13.2 Å². The first-order chi connectivity index (χ1) is 13.0. The zero-order chi connectivity index (χ0) is 20.7. The minimum absolute atomic E-state index is 0.0552. The third-order valence-electron chi connectivity index (χ3n) is 4.20. The van der Waals surface area contributed by atoms with Crippen molar-refractivity contribution < 1.29 is 18.1 Å². The molecule has 5 N–H and O–H groups in total. The first-order valence-electron chi connectivity index (χ1n) is 7.82. The fourth-order valence-electron chi connectivity index (χ4n) is 2.73. The Hall–Kier alpha value is -2.93. The summed E-state index contributed by atoms with van der Waals surface area (Å²) in [5.41, 5.74) is 8.36. The summed E-state index contributed by atoms with van der Waals surface area (Å²) in [6.45, 7) is -0.0591. The number of hydrogen-bond donors (Lipinski definition) is 3. The Bertz CT molecular complexity index is 989. The monoisotopic (exact) mass is 418 g/mol. The van der Waals surface area contributed by atoms with E-state index < -0.39 is 28.5 Å². The highest BCUT2D eigenvalue weighted by atomic mass is 35.5. The second kappa shape index (κ2) is 6.91. The fraction of sp³-hybridized carbons (Fsp3) is 0.357. The van der Waals surface area contributed by atoms with Crippen molar-refractivity contribution in [2.24, 2.45) is 16.5 Å². The van der Waals surface area contributed by atoms with E-state index in [2.05, 4.69) is 20.3 Å². The molecule has 2 unspecified atom stereocenters. The van der Waals surface area contributed by atoms with Crippen molar-refractivity contribution in [1.82, 2.24) is 14.4 Å². The number of aliphatic imine (C=N–C) groups is 1. The molecule has 10 nitrogen and oxygen atoms in total. The van der Waals surface area contributed by atoms with E-state index in [0.717, 1.165) is 16.7 Å². The lowest BCUT2D eigenvalue weighted by molar-refractivity contribution is -0.559. The molecule has 0 radical (unpaired) electrons. The van der Waals surface area contributed by atoms with E-state index in [-0.39, 0.29) is 35.5 Å². The van der Waals surface area contributed by atoms with E-state index in [9.17, 15) is 23.3 Å². The predicted octanol–water partition coefficient (Wildman–Crippen LogP) is 1.43. The normalized spacial score (nSPS) is 22.3. The maximum atomic E-state index is 12.9. The summed E-state index contributed by atoms with van der Waals surface area (Å²) < 4.78 is 39.8. The van der Waals surface area contributed by atoms with Gasteiger partial charge >= 0.3 is 6.18 Å². The number of amidine groups is 1. The van der Waals surface area contributed by atoms with E-state index in [1.165, 1.54) is 12.2 Å². The van der Waals surface area contributed by atoms with Crippen LogP contribution in [-0.2, 0) is 6.18 Å². The number of nitrogens with two attached hydrogens (primary N) is 2. The van der Waals surface area contributed by atoms with Crippen molar-refractivity contribution in [2.45, 2.75) is 24.3 Å². The smallest absolute Gasteiger partial charge is 0.384 e. The number of nitro groups is 1. The number of fused-ring (bicyclic) bond motifs is 1. The van der Waals surface area contributed by atoms with Gasteiger partial charge in [0.2, 0.25) is 5.95 Å². The van der Waals surface area contributed by atoms with Crippen molar-refractivity contribution >= 4 is 29.0 Å². The molecule has 3 heterocycles. The standard InChI is InChI=1S/C14H14ClF3N8O2/c15-8-5-10-22-7(14(16,17)18)6-25(10)12(23-8)21-4-3-13(26(27)28)2-1-9(19)24-11(13)20/h1-2,5-6,11H,3-4,20H2,(H2,19,24)(H,21,23). The Balaban J connectivity index is 1.84. The molecule has 0 bridgehead atoms. The number of anilines is 1. The van der Waals surface area contributed by atoms with E-state index in [1.54, 1.807) is 0 Å². The molecular formula is C14H14ClF3N8O2. The van der Waals surface area contributed by atoms with Crippen LogP contribution in [-0.4, -0.2) is 43.4 Å². The van der Waals surface area contributed by atoms with Gasteiger partial charge in [-0.1, -0.05) is 11.6 Å². The van der Waals surface area contributed by atoms with Gasteiger partial charge < -0.3 is 16.8 Å². The number of imidazole rings is 1. The lowest BCUT2D eigenvalue weighted by Crippen LogP contribution is -2.54. The maximum Gasteiger partial charge on any atom is 0.434 e. The molecule has 3 rings (SSSR count). The Kier molecular flexibility index (Phi) is 4.89. The summed E-state index contributed by atoms with van der Waals surface area (Å²) in [5, 5.41) is 14.2. The van der Waals surface area contributed by atoms with E-state index in [0.29, 0.717) is 0 Å². The molecule has 0 fully saturated rings. The first kappa shape index (κ1) is 19.8. The van der Waals surface area contributed by atoms with Gasteiger partial charge in [0.1, 0.15) is 16.6 Å². The van der Waals surface area contributed by atoms with Crippen LogP contribution in [0.15, 0.2) is 29.4 Å². The fourth-order valence-corrected chi connectivity index (χ4v) is 2.91. The molecule has 14 heteroatoms. The quantitative estimate of drug-likeness (QED) is 0.377. The van der Waals surface area contributed by atoms with Gasteiger partial charge in [0.25, 0.3) is 5.54 Å². The molecule has 0 aromatic carbocycles. The molecule has 1 aliphatic heterocycles. The van der Waals surface area contributed by atoms with Gasteiger partial charge in [-0.15, -0.1) is 0 Å². The van der Waals surface area contributed by atoms with Crippen LogP contribution in [0.25, 0.3) is 5.65 Å². The molecule has 28 heavy (non-hydrogen) atoms. The molecule has 1 aliphatic rings. The Morgan fingerprint density at radius 3 is 2.75 bits per heavy atom. The van der Waals surface area contributed by atoms with Crippen LogP contribution >= 0.6 is 11.6 Å². The molecule has 2 aromatic heterocycles. The van der Waals surface area contributed by atoms with Gasteiger partial charge in [0.05, 0.1) is 0 Å². The molecule has 150 valence electrons. The van der Waals surface area contributed by atoms with Gasteiger partial charge in [-0.3, -0.25) is 14.5 Å². The highest BCUT2D eigenvalue weighted by molar-refractivity contribution is 6.29. The SMILES string of the molecule is NC1=NC(N)C(CCNc2nc(Cl)cc3nc(C(F)(F)F)cn23)([N+](=O)[O-])C=C1. The second-order valence-corrected chi connectivity index (χ2v) is 6.40. The molecule has 0 spiro atoms. The van der Waals surface area contributed by atoms with Gasteiger partial charge in [0, 0.05) is 30.2 Å². The minimum Gasteiger partial charge on any atom is -0.384 e. The molecule has 0 amide bonds. The van der Waals surface area contributed by atoms with Gasteiger partial charge in [0.15, 0.2) is 11.9 Å². The van der Waals surface area contributed by atoms with E-state index in [1.807, 2.05) is 0 Å². The van der Waals surface area contributed by atoms with E-state index >= 15 is 0 Å². The molecule has 0 saturated heterocycles. The number of aromatic nitrogens is 3. The number of dihydropyridines is 1. The number of alkyl halides is 3. The zero-order valence-electron chi connectivity index (χ0n) is 14.0. The maximum absolute atomic E-state index is 12.9. The molecule has 2 atom stereocenters. The highest BCUT2D eigenvalue weighted by Crippen LogP contribution is 2.30. The third kappa shape index (κ3) is 3.57. The number of hydrogen-bond acceptors (Lipinski definition) is 8. The Labute approximate surface area is 160 Å². The van der Waals surface area contributed by atoms with Gasteiger partial charge in [-0.25, -0.2) is 15.0 Å². The summed E-state index contributed by atoms with van der Waals surface area (Å²) in [4.78, 5) is 22.2. The van der Waals surface area contributed by atoms with Crippen LogP contribution in [0.2, 0.25) is 5.15 Å². The Morgan fingerprint density at radius 2 is 2.14 bits per heavy atom. The Morgan fingerprint density at radius 1 is 1.43 bits per heavy atom. The highest BCUT2D eigenvalue weighted by Gasteiger charge is 2.48. The van der Waals surface area contributed by atoms with Crippen molar-refractivity contribution in [3.8, 4) is 0 Å². The number of nitrogens with zero attached hydrogens (tertiary/aromatic N) is 5. The van der Waals surface area contributed by atoms with Crippen LogP contribution < -0.4 is 16.8 Å². The summed E-state index contributed by atoms with van der Waals surface area (Å²) in [5.74, 6) is 0.00891. The number of halogens is 4. The second-order valence-electron chi connectivity index (χ2n) is 6.01. The minimum atomic E-state index is -4.65. The van der Waals surface area contributed by atoms with Crippen LogP contribution in [0.1, 0.15) is 12.1 Å². The summed E-state index contributed by atoms with van der Waals surface area (Å²) >= 11 is 5.84. The van der Waals surface area contributed by atoms with E-state index in [4.69, 9.17) is 23.1 Å². The number of nitrogens with one attached hydrogen (secondary N) is 1. The van der Waals surface area contributed by atoms with Crippen molar-refractivity contribution in [3.63, 3.8) is 0 Å². The van der Waals surface area contributed by atoms with Crippen LogP contribution in [0.3, 0.4) is 0 Å². The van der Waals surface area contributed by atoms with Crippen molar-refractivity contribution in [1.29, 1.82) is 0 Å². The topological polar surface area (TPSA) is 150 Å². The van der Waals surface area contributed by atoms with Gasteiger partial charge in [-0.05, 0) is 12.2 Å². The first-order valence-corrected chi connectivity index (χ1v) is 8.20. The average Bonchev–Trinajstić information content (AvgIpc) is 3.01. The number of rotatable bonds is 5. The zero-order valence-corrected chi connectivity index (χ0v) is 14.8. The lowest BCUT2D eigenvalue weighted by Gasteiger charge is -2.28. The van der Waals surface area contributed by atoms with Crippen LogP contribution in [0.5, 0.6) is 0 Å². The summed E-state index contributed by atoms with van der Waals surface area (Å²) in [6.07, 6.45) is -2.71. The largest absolute Gasteiger partial charge is 0.434 e.